The van der Waals surface area contributed by atoms with E-state index in [1.54, 1.807) is 5.57 Å². The van der Waals surface area contributed by atoms with Gasteiger partial charge in [0, 0.05) is 0 Å². The quantitative estimate of drug-likeness (QED) is 0.701. The van der Waals surface area contributed by atoms with Crippen molar-refractivity contribution in [3.63, 3.8) is 0 Å². The maximum Gasteiger partial charge on any atom is 0.0701 e. The van der Waals surface area contributed by atoms with Crippen LogP contribution in [0.5, 0.6) is 0 Å². The summed E-state index contributed by atoms with van der Waals surface area (Å²) in [6.07, 6.45) is 12.2. The molecule has 0 radical (unpaired) electrons. The van der Waals surface area contributed by atoms with E-state index in [1.807, 2.05) is 0 Å². The average Bonchev–Trinajstić information content (AvgIpc) is 2.80. The van der Waals surface area contributed by atoms with Gasteiger partial charge in [0.15, 0.2) is 0 Å². The first-order valence-corrected chi connectivity index (χ1v) is 9.94. The van der Waals surface area contributed by atoms with Gasteiger partial charge < -0.3 is 10.2 Å². The first kappa shape index (κ1) is 16.1. The maximum atomic E-state index is 11.2. The van der Waals surface area contributed by atoms with Crippen LogP contribution in [0.25, 0.3) is 0 Å². The van der Waals surface area contributed by atoms with E-state index in [0.717, 1.165) is 43.9 Å². The first-order chi connectivity index (χ1) is 10.8. The third-order valence-electron chi connectivity index (χ3n) is 8.98. The van der Waals surface area contributed by atoms with Gasteiger partial charge in [-0.3, -0.25) is 0 Å². The Balaban J connectivity index is 1.68. The molecule has 2 nitrogen and oxygen atoms in total. The van der Waals surface area contributed by atoms with E-state index in [1.165, 1.54) is 25.7 Å². The van der Waals surface area contributed by atoms with Gasteiger partial charge in [0.05, 0.1) is 11.7 Å². The summed E-state index contributed by atoms with van der Waals surface area (Å²) in [4.78, 5) is 0. The topological polar surface area (TPSA) is 40.5 Å². The fraction of sp³-hybridized carbons (Fsp3) is 0.905. The standard InChI is InChI=1S/C21H34O2/c1-4-21(23)12-9-18-16-6-5-14-13-15(22)7-10-19(14,2)17(16)8-11-20(18,21)3/h5,15-18,22-23H,4,6-13H2,1-3H3/t15-,16+,17-,18-,19-,20-,21-/m0/s1. The molecule has 2 heteroatoms. The van der Waals surface area contributed by atoms with E-state index in [2.05, 4.69) is 26.8 Å². The molecular weight excluding hydrogens is 284 g/mol. The monoisotopic (exact) mass is 318 g/mol. The van der Waals surface area contributed by atoms with Crippen molar-refractivity contribution in [2.75, 3.05) is 0 Å². The van der Waals surface area contributed by atoms with E-state index < -0.39 is 5.60 Å². The summed E-state index contributed by atoms with van der Waals surface area (Å²) in [5, 5.41) is 21.3. The second-order valence-electron chi connectivity index (χ2n) is 9.54. The van der Waals surface area contributed by atoms with E-state index in [4.69, 9.17) is 0 Å². The number of aliphatic hydroxyl groups excluding tert-OH is 1. The first-order valence-electron chi connectivity index (χ1n) is 9.94. The van der Waals surface area contributed by atoms with Crippen LogP contribution in [0.1, 0.15) is 78.6 Å². The molecule has 0 unspecified atom stereocenters. The van der Waals surface area contributed by atoms with Gasteiger partial charge in [-0.15, -0.1) is 0 Å². The zero-order valence-corrected chi connectivity index (χ0v) is 15.1. The summed E-state index contributed by atoms with van der Waals surface area (Å²) in [5.41, 5.74) is 1.55. The molecule has 4 aliphatic carbocycles. The smallest absolute Gasteiger partial charge is 0.0701 e. The van der Waals surface area contributed by atoms with Crippen molar-refractivity contribution in [1.29, 1.82) is 0 Å². The lowest BCUT2D eigenvalue weighted by Crippen LogP contribution is -2.54. The molecule has 0 aromatic carbocycles. The Bertz CT molecular complexity index is 526. The SMILES string of the molecule is CC[C@]1(O)CC[C@H]2[C@@H]3CC=C4C[C@@H](O)CC[C@]4(C)[C@H]3CC[C@@]21C. The number of aliphatic hydroxyl groups is 2. The Kier molecular flexibility index (Phi) is 3.57. The Labute approximate surface area is 141 Å². The molecule has 0 heterocycles. The maximum absolute atomic E-state index is 11.2. The van der Waals surface area contributed by atoms with Gasteiger partial charge in [-0.05, 0) is 86.4 Å². The molecule has 130 valence electrons. The lowest BCUT2D eigenvalue weighted by molar-refractivity contribution is -0.125. The van der Waals surface area contributed by atoms with Crippen molar-refractivity contribution < 1.29 is 10.2 Å². The molecule has 0 bridgehead atoms. The van der Waals surface area contributed by atoms with Gasteiger partial charge in [-0.2, -0.15) is 0 Å². The van der Waals surface area contributed by atoms with Crippen molar-refractivity contribution in [2.45, 2.75) is 90.3 Å². The zero-order chi connectivity index (χ0) is 16.5. The van der Waals surface area contributed by atoms with Crippen LogP contribution in [0, 0.1) is 28.6 Å². The molecular formula is C21H34O2. The molecule has 0 aliphatic heterocycles. The van der Waals surface area contributed by atoms with Crippen molar-refractivity contribution in [3.05, 3.63) is 11.6 Å². The lowest BCUT2D eigenvalue weighted by atomic mass is 9.47. The molecule has 0 spiro atoms. The molecule has 2 N–H and O–H groups in total. The van der Waals surface area contributed by atoms with Gasteiger partial charge in [-0.25, -0.2) is 0 Å². The summed E-state index contributed by atoms with van der Waals surface area (Å²) in [6, 6.07) is 0. The highest BCUT2D eigenvalue weighted by Crippen LogP contribution is 2.67. The highest BCUT2D eigenvalue weighted by Gasteiger charge is 2.62. The number of hydrogen-bond acceptors (Lipinski definition) is 2. The molecule has 23 heavy (non-hydrogen) atoms. The van der Waals surface area contributed by atoms with Crippen LogP contribution in [0.4, 0.5) is 0 Å². The van der Waals surface area contributed by atoms with Crippen LogP contribution in [0.15, 0.2) is 11.6 Å². The lowest BCUT2D eigenvalue weighted by Gasteiger charge is -2.59. The molecule has 4 aliphatic rings. The normalized spacial score (nSPS) is 55.6. The van der Waals surface area contributed by atoms with Gasteiger partial charge in [0.2, 0.25) is 0 Å². The Morgan fingerprint density at radius 1 is 1.09 bits per heavy atom. The third kappa shape index (κ3) is 2.00. The third-order valence-corrected chi connectivity index (χ3v) is 8.98. The van der Waals surface area contributed by atoms with Crippen LogP contribution in [-0.4, -0.2) is 21.9 Å². The predicted molar refractivity (Wildman–Crippen MR) is 93.0 cm³/mol. The molecule has 0 amide bonds. The van der Waals surface area contributed by atoms with Crippen LogP contribution in [0.2, 0.25) is 0 Å². The highest BCUT2D eigenvalue weighted by molar-refractivity contribution is 5.26. The number of fused-ring (bicyclic) bond motifs is 5. The van der Waals surface area contributed by atoms with Crippen LogP contribution in [0.3, 0.4) is 0 Å². The molecule has 3 fully saturated rings. The van der Waals surface area contributed by atoms with Gasteiger partial charge in [0.25, 0.3) is 0 Å². The molecule has 7 atom stereocenters. The van der Waals surface area contributed by atoms with Crippen molar-refractivity contribution in [2.24, 2.45) is 28.6 Å². The van der Waals surface area contributed by atoms with Crippen LogP contribution in [-0.2, 0) is 0 Å². The van der Waals surface area contributed by atoms with Crippen LogP contribution < -0.4 is 0 Å². The zero-order valence-electron chi connectivity index (χ0n) is 15.1. The fourth-order valence-electron chi connectivity index (χ4n) is 7.33. The minimum atomic E-state index is -0.434. The minimum Gasteiger partial charge on any atom is -0.393 e. The van der Waals surface area contributed by atoms with Gasteiger partial charge in [0.1, 0.15) is 0 Å². The fourth-order valence-corrected chi connectivity index (χ4v) is 7.33. The van der Waals surface area contributed by atoms with E-state index in [0.29, 0.717) is 11.3 Å². The second-order valence-corrected chi connectivity index (χ2v) is 9.54. The molecule has 0 aromatic heterocycles. The van der Waals surface area contributed by atoms with E-state index >= 15 is 0 Å². The van der Waals surface area contributed by atoms with E-state index in [9.17, 15) is 10.2 Å². The molecule has 0 saturated heterocycles. The summed E-state index contributed by atoms with van der Waals surface area (Å²) in [5.74, 6) is 2.21. The van der Waals surface area contributed by atoms with Crippen molar-refractivity contribution in [1.82, 2.24) is 0 Å². The van der Waals surface area contributed by atoms with Crippen molar-refractivity contribution >= 4 is 0 Å². The van der Waals surface area contributed by atoms with Crippen molar-refractivity contribution in [3.8, 4) is 0 Å². The Morgan fingerprint density at radius 2 is 1.83 bits per heavy atom. The molecule has 0 aromatic rings. The van der Waals surface area contributed by atoms with Gasteiger partial charge >= 0.3 is 0 Å². The molecule has 4 rings (SSSR count). The Morgan fingerprint density at radius 3 is 2.57 bits per heavy atom. The average molecular weight is 319 g/mol. The van der Waals surface area contributed by atoms with Crippen LogP contribution >= 0.6 is 0 Å². The largest absolute Gasteiger partial charge is 0.393 e. The van der Waals surface area contributed by atoms with E-state index in [-0.39, 0.29) is 11.5 Å². The summed E-state index contributed by atoms with van der Waals surface area (Å²) in [6.45, 7) is 7.03. The molecule has 3 saturated carbocycles. The Hall–Kier alpha value is -0.340. The highest BCUT2D eigenvalue weighted by atomic mass is 16.3. The summed E-state index contributed by atoms with van der Waals surface area (Å²) >= 11 is 0. The number of rotatable bonds is 1. The predicted octanol–water partition coefficient (Wildman–Crippen LogP) is 4.45. The number of hydrogen-bond donors (Lipinski definition) is 2. The number of allylic oxidation sites excluding steroid dienone is 1. The minimum absolute atomic E-state index is 0.114. The van der Waals surface area contributed by atoms with Gasteiger partial charge in [-0.1, -0.05) is 32.4 Å². The summed E-state index contributed by atoms with van der Waals surface area (Å²) < 4.78 is 0. The summed E-state index contributed by atoms with van der Waals surface area (Å²) in [7, 11) is 0. The second kappa shape index (κ2) is 5.08.